The summed E-state index contributed by atoms with van der Waals surface area (Å²) in [7, 11) is 0. The number of aromatic nitrogens is 3. The van der Waals surface area contributed by atoms with Crippen molar-refractivity contribution in [2.45, 2.75) is 26.3 Å². The average molecular weight is 342 g/mol. The molecule has 0 N–H and O–H groups in total. The molecule has 0 saturated heterocycles. The molecule has 0 radical (unpaired) electrons. The lowest BCUT2D eigenvalue weighted by Crippen LogP contribution is -2.00. The third kappa shape index (κ3) is 4.15. The Hall–Kier alpha value is -2.33. The summed E-state index contributed by atoms with van der Waals surface area (Å²) >= 11 is 6.37. The van der Waals surface area contributed by atoms with Crippen LogP contribution in [0.15, 0.2) is 55.1 Å². The highest BCUT2D eigenvalue weighted by Gasteiger charge is 2.06. The van der Waals surface area contributed by atoms with Crippen LogP contribution in [-0.2, 0) is 6.54 Å². The van der Waals surface area contributed by atoms with Crippen molar-refractivity contribution in [1.29, 1.82) is 0 Å². The normalized spacial score (nSPS) is 10.8. The number of hydrogen-bond donors (Lipinski definition) is 0. The largest absolute Gasteiger partial charge is 0.492 e. The Labute approximate surface area is 147 Å². The maximum absolute atomic E-state index is 6.37. The minimum Gasteiger partial charge on any atom is -0.492 e. The smallest absolute Gasteiger partial charge is 0.137 e. The first-order valence-corrected chi connectivity index (χ1v) is 8.48. The summed E-state index contributed by atoms with van der Waals surface area (Å²) in [5, 5.41) is 4.79. The fourth-order valence-electron chi connectivity index (χ4n) is 2.47. The SMILES string of the molecule is CCCCOc1ccc(-c2cccc(Cn3cncn3)c2)cc1Cl. The van der Waals surface area contributed by atoms with E-state index in [4.69, 9.17) is 16.3 Å². The second-order valence-corrected chi connectivity index (χ2v) is 6.05. The number of ether oxygens (including phenoxy) is 1. The molecule has 4 nitrogen and oxygen atoms in total. The second kappa shape index (κ2) is 7.97. The van der Waals surface area contributed by atoms with Crippen LogP contribution in [0.25, 0.3) is 11.1 Å². The molecule has 5 heteroatoms. The van der Waals surface area contributed by atoms with Gasteiger partial charge in [0.25, 0.3) is 0 Å². The molecule has 0 amide bonds. The van der Waals surface area contributed by atoms with E-state index in [2.05, 4.69) is 35.2 Å². The first kappa shape index (κ1) is 16.5. The maximum atomic E-state index is 6.37. The van der Waals surface area contributed by atoms with Crippen LogP contribution >= 0.6 is 11.6 Å². The van der Waals surface area contributed by atoms with Crippen molar-refractivity contribution in [3.05, 3.63) is 65.7 Å². The summed E-state index contributed by atoms with van der Waals surface area (Å²) < 4.78 is 7.51. The summed E-state index contributed by atoms with van der Waals surface area (Å²) in [5.74, 6) is 0.743. The van der Waals surface area contributed by atoms with E-state index in [1.807, 2.05) is 24.3 Å². The van der Waals surface area contributed by atoms with Crippen LogP contribution in [0.5, 0.6) is 5.75 Å². The van der Waals surface area contributed by atoms with Crippen LogP contribution in [0.4, 0.5) is 0 Å². The average Bonchev–Trinajstić information content (AvgIpc) is 3.10. The van der Waals surface area contributed by atoms with E-state index in [0.29, 0.717) is 18.2 Å². The van der Waals surface area contributed by atoms with Crippen LogP contribution in [-0.4, -0.2) is 21.4 Å². The molecule has 24 heavy (non-hydrogen) atoms. The van der Waals surface area contributed by atoms with Gasteiger partial charge >= 0.3 is 0 Å². The molecule has 0 aliphatic rings. The van der Waals surface area contributed by atoms with Crippen LogP contribution in [0.2, 0.25) is 5.02 Å². The Morgan fingerprint density at radius 1 is 1.12 bits per heavy atom. The Morgan fingerprint density at radius 3 is 2.75 bits per heavy atom. The highest BCUT2D eigenvalue weighted by Crippen LogP contribution is 2.31. The molecule has 0 unspecified atom stereocenters. The Kier molecular flexibility index (Phi) is 5.49. The molecule has 1 heterocycles. The Bertz CT molecular complexity index is 787. The molecule has 0 bridgehead atoms. The number of benzene rings is 2. The zero-order valence-corrected chi connectivity index (χ0v) is 14.4. The van der Waals surface area contributed by atoms with E-state index in [-0.39, 0.29) is 0 Å². The lowest BCUT2D eigenvalue weighted by Gasteiger charge is -2.10. The molecular formula is C19H20ClN3O. The van der Waals surface area contributed by atoms with Gasteiger partial charge in [0.15, 0.2) is 0 Å². The van der Waals surface area contributed by atoms with Crippen LogP contribution in [0.1, 0.15) is 25.3 Å². The molecule has 124 valence electrons. The zero-order chi connectivity index (χ0) is 16.8. The lowest BCUT2D eigenvalue weighted by atomic mass is 10.0. The standard InChI is InChI=1S/C19H20ClN3O/c1-2-3-9-24-19-8-7-17(11-18(19)20)16-6-4-5-15(10-16)12-23-14-21-13-22-23/h4-8,10-11,13-14H,2-3,9,12H2,1H3. The van der Waals surface area contributed by atoms with E-state index in [1.165, 1.54) is 0 Å². The van der Waals surface area contributed by atoms with Crippen molar-refractivity contribution in [1.82, 2.24) is 14.8 Å². The van der Waals surface area contributed by atoms with Crippen molar-refractivity contribution in [2.75, 3.05) is 6.61 Å². The molecule has 0 saturated carbocycles. The first-order valence-electron chi connectivity index (χ1n) is 8.10. The third-order valence-corrected chi connectivity index (χ3v) is 4.05. The predicted molar refractivity (Wildman–Crippen MR) is 96.4 cm³/mol. The first-order chi connectivity index (χ1) is 11.8. The van der Waals surface area contributed by atoms with Gasteiger partial charge in [0.05, 0.1) is 18.2 Å². The van der Waals surface area contributed by atoms with E-state index >= 15 is 0 Å². The zero-order valence-electron chi connectivity index (χ0n) is 13.7. The second-order valence-electron chi connectivity index (χ2n) is 5.64. The van der Waals surface area contributed by atoms with Crippen molar-refractivity contribution in [3.63, 3.8) is 0 Å². The maximum Gasteiger partial charge on any atom is 0.137 e. The fraction of sp³-hybridized carbons (Fsp3) is 0.263. The molecule has 0 fully saturated rings. The van der Waals surface area contributed by atoms with Gasteiger partial charge in [-0.25, -0.2) is 9.67 Å². The lowest BCUT2D eigenvalue weighted by molar-refractivity contribution is 0.309. The number of hydrogen-bond acceptors (Lipinski definition) is 3. The predicted octanol–water partition coefficient (Wildman–Crippen LogP) is 4.83. The van der Waals surface area contributed by atoms with Crippen molar-refractivity contribution in [3.8, 4) is 16.9 Å². The van der Waals surface area contributed by atoms with Crippen LogP contribution in [0, 0.1) is 0 Å². The monoisotopic (exact) mass is 341 g/mol. The molecule has 0 aliphatic heterocycles. The summed E-state index contributed by atoms with van der Waals surface area (Å²) in [4.78, 5) is 3.97. The number of nitrogens with zero attached hydrogens (tertiary/aromatic N) is 3. The van der Waals surface area contributed by atoms with Crippen molar-refractivity contribution in [2.24, 2.45) is 0 Å². The summed E-state index contributed by atoms with van der Waals surface area (Å²) in [6.07, 6.45) is 5.39. The molecule has 1 aromatic heterocycles. The molecule has 0 aliphatic carbocycles. The van der Waals surface area contributed by atoms with E-state index in [9.17, 15) is 0 Å². The van der Waals surface area contributed by atoms with Gasteiger partial charge in [0.2, 0.25) is 0 Å². The van der Waals surface area contributed by atoms with Gasteiger partial charge < -0.3 is 4.74 Å². The fourth-order valence-corrected chi connectivity index (χ4v) is 2.71. The van der Waals surface area contributed by atoms with Gasteiger partial charge in [0.1, 0.15) is 18.4 Å². The minimum absolute atomic E-state index is 0.644. The van der Waals surface area contributed by atoms with Gasteiger partial charge in [-0.2, -0.15) is 5.10 Å². The highest BCUT2D eigenvalue weighted by atomic mass is 35.5. The molecule has 0 atom stereocenters. The topological polar surface area (TPSA) is 39.9 Å². The van der Waals surface area contributed by atoms with Crippen molar-refractivity contribution >= 4 is 11.6 Å². The molecule has 3 aromatic rings. The number of halogens is 1. The molecule has 2 aromatic carbocycles. The molecule has 0 spiro atoms. The highest BCUT2D eigenvalue weighted by molar-refractivity contribution is 6.32. The Morgan fingerprint density at radius 2 is 2.00 bits per heavy atom. The van der Waals surface area contributed by atoms with Gasteiger partial charge in [0, 0.05) is 0 Å². The summed E-state index contributed by atoms with van der Waals surface area (Å²) in [5.41, 5.74) is 3.36. The Balaban J connectivity index is 1.77. The van der Waals surface area contributed by atoms with Gasteiger partial charge in [-0.05, 0) is 41.3 Å². The van der Waals surface area contributed by atoms with E-state index in [1.54, 1.807) is 17.3 Å². The van der Waals surface area contributed by atoms with Crippen LogP contribution in [0.3, 0.4) is 0 Å². The number of unbranched alkanes of at least 4 members (excludes halogenated alkanes) is 1. The number of rotatable bonds is 7. The van der Waals surface area contributed by atoms with Gasteiger partial charge in [-0.15, -0.1) is 0 Å². The molecular weight excluding hydrogens is 322 g/mol. The van der Waals surface area contributed by atoms with Crippen LogP contribution < -0.4 is 4.74 Å². The van der Waals surface area contributed by atoms with Crippen molar-refractivity contribution < 1.29 is 4.74 Å². The quantitative estimate of drug-likeness (QED) is 0.578. The summed E-state index contributed by atoms with van der Waals surface area (Å²) in [6.45, 7) is 3.53. The van der Waals surface area contributed by atoms with Gasteiger partial charge in [-0.3, -0.25) is 0 Å². The van der Waals surface area contributed by atoms with E-state index < -0.39 is 0 Å². The third-order valence-electron chi connectivity index (χ3n) is 3.76. The summed E-state index contributed by atoms with van der Waals surface area (Å²) in [6, 6.07) is 14.3. The van der Waals surface area contributed by atoms with E-state index in [0.717, 1.165) is 35.3 Å². The molecule has 3 rings (SSSR count). The van der Waals surface area contributed by atoms with Gasteiger partial charge in [-0.1, -0.05) is 49.2 Å². The minimum atomic E-state index is 0.644.